The van der Waals surface area contributed by atoms with Crippen LogP contribution in [0.15, 0.2) is 34.9 Å². The van der Waals surface area contributed by atoms with Gasteiger partial charge >= 0.3 is 0 Å². The molecule has 0 radical (unpaired) electrons. The van der Waals surface area contributed by atoms with Gasteiger partial charge < -0.3 is 5.73 Å². The SMILES string of the molecule is Cn1ncc(-c2cccc(Br)c2)c1CN. The van der Waals surface area contributed by atoms with Crippen molar-refractivity contribution in [2.24, 2.45) is 12.8 Å². The molecule has 2 aromatic rings. The summed E-state index contributed by atoms with van der Waals surface area (Å²) in [4.78, 5) is 0. The molecule has 78 valence electrons. The third-order valence-corrected chi connectivity index (χ3v) is 2.88. The molecule has 0 bridgehead atoms. The van der Waals surface area contributed by atoms with Crippen molar-refractivity contribution in [1.29, 1.82) is 0 Å². The second-order valence-electron chi connectivity index (χ2n) is 3.34. The van der Waals surface area contributed by atoms with Crippen LogP contribution in [0.1, 0.15) is 5.69 Å². The molecular weight excluding hydrogens is 254 g/mol. The molecule has 15 heavy (non-hydrogen) atoms. The Hall–Kier alpha value is -1.13. The van der Waals surface area contributed by atoms with Gasteiger partial charge in [0.1, 0.15) is 0 Å². The summed E-state index contributed by atoms with van der Waals surface area (Å²) in [7, 11) is 1.91. The summed E-state index contributed by atoms with van der Waals surface area (Å²) in [6, 6.07) is 8.13. The molecular formula is C11H12BrN3. The molecule has 2 N–H and O–H groups in total. The van der Waals surface area contributed by atoms with E-state index in [0.29, 0.717) is 6.54 Å². The number of rotatable bonds is 2. The summed E-state index contributed by atoms with van der Waals surface area (Å²) in [6.45, 7) is 0.498. The summed E-state index contributed by atoms with van der Waals surface area (Å²) in [5, 5.41) is 4.21. The molecule has 0 fully saturated rings. The highest BCUT2D eigenvalue weighted by molar-refractivity contribution is 9.10. The number of halogens is 1. The van der Waals surface area contributed by atoms with Crippen LogP contribution in [-0.2, 0) is 13.6 Å². The Morgan fingerprint density at radius 2 is 2.27 bits per heavy atom. The highest BCUT2D eigenvalue weighted by atomic mass is 79.9. The van der Waals surface area contributed by atoms with Gasteiger partial charge in [-0.3, -0.25) is 4.68 Å². The van der Waals surface area contributed by atoms with Crippen molar-refractivity contribution in [3.05, 3.63) is 40.6 Å². The van der Waals surface area contributed by atoms with Crippen molar-refractivity contribution in [3.8, 4) is 11.1 Å². The quantitative estimate of drug-likeness (QED) is 0.906. The fourth-order valence-electron chi connectivity index (χ4n) is 1.60. The summed E-state index contributed by atoms with van der Waals surface area (Å²) in [5.41, 5.74) is 8.98. The van der Waals surface area contributed by atoms with Crippen LogP contribution in [-0.4, -0.2) is 9.78 Å². The van der Waals surface area contributed by atoms with Crippen LogP contribution in [0.5, 0.6) is 0 Å². The molecule has 0 aliphatic carbocycles. The van der Waals surface area contributed by atoms with Crippen molar-refractivity contribution in [3.63, 3.8) is 0 Å². The molecule has 0 aliphatic rings. The molecule has 1 aromatic heterocycles. The predicted molar refractivity (Wildman–Crippen MR) is 64.2 cm³/mol. The van der Waals surface area contributed by atoms with Crippen LogP contribution in [0.4, 0.5) is 0 Å². The molecule has 4 heteroatoms. The minimum atomic E-state index is 0.498. The summed E-state index contributed by atoms with van der Waals surface area (Å²) in [5.74, 6) is 0. The van der Waals surface area contributed by atoms with E-state index in [2.05, 4.69) is 33.2 Å². The zero-order valence-corrected chi connectivity index (χ0v) is 10.0. The molecule has 0 saturated carbocycles. The maximum atomic E-state index is 5.70. The Bertz CT molecular complexity index is 476. The molecule has 1 heterocycles. The van der Waals surface area contributed by atoms with Crippen LogP contribution in [0.3, 0.4) is 0 Å². The van der Waals surface area contributed by atoms with E-state index in [4.69, 9.17) is 5.73 Å². The number of hydrogen-bond donors (Lipinski definition) is 1. The van der Waals surface area contributed by atoms with E-state index in [1.165, 1.54) is 0 Å². The molecule has 1 aromatic carbocycles. The van der Waals surface area contributed by atoms with Gasteiger partial charge in [0.15, 0.2) is 0 Å². The second-order valence-corrected chi connectivity index (χ2v) is 4.26. The Kier molecular flexibility index (Phi) is 2.88. The van der Waals surface area contributed by atoms with Gasteiger partial charge in [-0.15, -0.1) is 0 Å². The number of aromatic nitrogens is 2. The van der Waals surface area contributed by atoms with E-state index in [9.17, 15) is 0 Å². The third-order valence-electron chi connectivity index (χ3n) is 2.39. The topological polar surface area (TPSA) is 43.8 Å². The van der Waals surface area contributed by atoms with Crippen molar-refractivity contribution in [2.45, 2.75) is 6.54 Å². The van der Waals surface area contributed by atoms with Gasteiger partial charge in [-0.1, -0.05) is 28.1 Å². The Labute approximate surface area is 97.0 Å². The van der Waals surface area contributed by atoms with E-state index < -0.39 is 0 Å². The van der Waals surface area contributed by atoms with Gasteiger partial charge in [-0.2, -0.15) is 5.10 Å². The fraction of sp³-hybridized carbons (Fsp3) is 0.182. The molecule has 0 aliphatic heterocycles. The predicted octanol–water partition coefficient (Wildman–Crippen LogP) is 2.31. The Balaban J connectivity index is 2.54. The van der Waals surface area contributed by atoms with Crippen molar-refractivity contribution < 1.29 is 0 Å². The normalized spacial score (nSPS) is 10.6. The van der Waals surface area contributed by atoms with Gasteiger partial charge in [-0.05, 0) is 17.7 Å². The highest BCUT2D eigenvalue weighted by Crippen LogP contribution is 2.25. The zero-order chi connectivity index (χ0) is 10.8. The van der Waals surface area contributed by atoms with Crippen molar-refractivity contribution >= 4 is 15.9 Å². The smallest absolute Gasteiger partial charge is 0.0594 e. The Morgan fingerprint density at radius 1 is 1.47 bits per heavy atom. The lowest BCUT2D eigenvalue weighted by atomic mass is 10.1. The van der Waals surface area contributed by atoms with Crippen molar-refractivity contribution in [2.75, 3.05) is 0 Å². The first-order valence-electron chi connectivity index (χ1n) is 4.69. The average molecular weight is 266 g/mol. The summed E-state index contributed by atoms with van der Waals surface area (Å²) >= 11 is 3.45. The van der Waals surface area contributed by atoms with E-state index in [1.807, 2.05) is 30.1 Å². The minimum absolute atomic E-state index is 0.498. The van der Waals surface area contributed by atoms with Crippen molar-refractivity contribution in [1.82, 2.24) is 9.78 Å². The molecule has 3 nitrogen and oxygen atoms in total. The summed E-state index contributed by atoms with van der Waals surface area (Å²) < 4.78 is 2.88. The molecule has 0 amide bonds. The van der Waals surface area contributed by atoms with Crippen LogP contribution in [0.2, 0.25) is 0 Å². The molecule has 0 atom stereocenters. The van der Waals surface area contributed by atoms with E-state index in [1.54, 1.807) is 0 Å². The maximum absolute atomic E-state index is 5.70. The van der Waals surface area contributed by atoms with Gasteiger partial charge in [0.2, 0.25) is 0 Å². The Morgan fingerprint density at radius 3 is 2.93 bits per heavy atom. The second kappa shape index (κ2) is 4.16. The summed E-state index contributed by atoms with van der Waals surface area (Å²) in [6.07, 6.45) is 1.85. The van der Waals surface area contributed by atoms with E-state index >= 15 is 0 Å². The lowest BCUT2D eigenvalue weighted by Crippen LogP contribution is -2.05. The maximum Gasteiger partial charge on any atom is 0.0594 e. The van der Waals surface area contributed by atoms with Crippen LogP contribution in [0.25, 0.3) is 11.1 Å². The molecule has 0 unspecified atom stereocenters. The van der Waals surface area contributed by atoms with Gasteiger partial charge in [0.05, 0.1) is 11.9 Å². The first-order valence-corrected chi connectivity index (χ1v) is 5.48. The standard InChI is InChI=1S/C11H12BrN3/c1-15-11(6-13)10(7-14-15)8-3-2-4-9(12)5-8/h2-5,7H,6,13H2,1H3. The number of hydrogen-bond acceptors (Lipinski definition) is 2. The van der Waals surface area contributed by atoms with E-state index in [-0.39, 0.29) is 0 Å². The number of nitrogens with zero attached hydrogens (tertiary/aromatic N) is 2. The lowest BCUT2D eigenvalue weighted by molar-refractivity contribution is 0.713. The first-order chi connectivity index (χ1) is 7.22. The average Bonchev–Trinajstić information content (AvgIpc) is 2.59. The van der Waals surface area contributed by atoms with Gasteiger partial charge in [0.25, 0.3) is 0 Å². The molecule has 0 spiro atoms. The highest BCUT2D eigenvalue weighted by Gasteiger charge is 2.08. The number of aryl methyl sites for hydroxylation is 1. The number of benzene rings is 1. The zero-order valence-electron chi connectivity index (χ0n) is 8.44. The fourth-order valence-corrected chi connectivity index (χ4v) is 2.00. The largest absolute Gasteiger partial charge is 0.325 e. The molecule has 2 rings (SSSR count). The third kappa shape index (κ3) is 1.96. The minimum Gasteiger partial charge on any atom is -0.325 e. The van der Waals surface area contributed by atoms with E-state index in [0.717, 1.165) is 21.3 Å². The van der Waals surface area contributed by atoms with Crippen LogP contribution >= 0.6 is 15.9 Å². The molecule has 0 saturated heterocycles. The monoisotopic (exact) mass is 265 g/mol. The number of nitrogens with two attached hydrogens (primary N) is 1. The first kappa shape index (κ1) is 10.4. The van der Waals surface area contributed by atoms with Gasteiger partial charge in [0, 0.05) is 23.6 Å². The van der Waals surface area contributed by atoms with Crippen LogP contribution < -0.4 is 5.73 Å². The van der Waals surface area contributed by atoms with Gasteiger partial charge in [-0.25, -0.2) is 0 Å². The van der Waals surface area contributed by atoms with Crippen LogP contribution in [0, 0.1) is 0 Å². The lowest BCUT2D eigenvalue weighted by Gasteiger charge is -2.03.